The standard InChI is InChI=1S/C22H19N3O5S/c26-11-17(29)15(10-12-3-5-13(27)6-4-12)23-22(30)14-7-8-16(28)20-19(14)24-21(25-20)18-2-1-9-31-18/h1-9,15,26-28H,10-11H2,(H,23,30)(H,24,25). The van der Waals surface area contributed by atoms with Gasteiger partial charge in [0.25, 0.3) is 5.91 Å². The number of phenols is 2. The number of hydrogen-bond donors (Lipinski definition) is 5. The number of H-pyrrole nitrogens is 1. The van der Waals surface area contributed by atoms with Crippen LogP contribution in [-0.4, -0.2) is 49.6 Å². The lowest BCUT2D eigenvalue weighted by Gasteiger charge is -2.17. The molecule has 2 heterocycles. The summed E-state index contributed by atoms with van der Waals surface area (Å²) in [6.45, 7) is -0.723. The first-order valence-electron chi connectivity index (χ1n) is 9.44. The molecule has 0 radical (unpaired) electrons. The summed E-state index contributed by atoms with van der Waals surface area (Å²) in [4.78, 5) is 33.6. The molecule has 0 aliphatic heterocycles. The summed E-state index contributed by atoms with van der Waals surface area (Å²) in [5.41, 5.74) is 1.49. The van der Waals surface area contributed by atoms with Crippen LogP contribution in [0.1, 0.15) is 15.9 Å². The Bertz CT molecular complexity index is 1230. The van der Waals surface area contributed by atoms with Crippen LogP contribution in [0, 0.1) is 0 Å². The molecule has 0 bridgehead atoms. The van der Waals surface area contributed by atoms with E-state index in [9.17, 15) is 24.9 Å². The number of hydrogen-bond acceptors (Lipinski definition) is 7. The minimum Gasteiger partial charge on any atom is -0.508 e. The van der Waals surface area contributed by atoms with Crippen LogP contribution < -0.4 is 5.32 Å². The Kier molecular flexibility index (Phi) is 5.70. The van der Waals surface area contributed by atoms with Gasteiger partial charge in [-0.15, -0.1) is 11.3 Å². The normalized spacial score (nSPS) is 12.0. The number of aromatic nitrogens is 2. The Hall–Kier alpha value is -3.69. The van der Waals surface area contributed by atoms with Gasteiger partial charge in [-0.1, -0.05) is 18.2 Å². The molecule has 4 rings (SSSR count). The zero-order chi connectivity index (χ0) is 22.0. The summed E-state index contributed by atoms with van der Waals surface area (Å²) in [7, 11) is 0. The van der Waals surface area contributed by atoms with E-state index in [1.54, 1.807) is 12.1 Å². The van der Waals surface area contributed by atoms with E-state index in [0.29, 0.717) is 16.9 Å². The number of carbonyl (C=O) groups is 2. The number of aromatic hydroxyl groups is 2. The fourth-order valence-corrected chi connectivity index (χ4v) is 3.92. The van der Waals surface area contributed by atoms with Gasteiger partial charge in [0, 0.05) is 0 Å². The third kappa shape index (κ3) is 4.27. The molecule has 0 aliphatic carbocycles. The molecule has 0 saturated heterocycles. The van der Waals surface area contributed by atoms with E-state index < -0.39 is 24.3 Å². The maximum atomic E-state index is 13.0. The second kappa shape index (κ2) is 8.58. The number of aromatic amines is 1. The summed E-state index contributed by atoms with van der Waals surface area (Å²) in [6.07, 6.45) is 0.146. The van der Waals surface area contributed by atoms with Crippen molar-refractivity contribution in [2.75, 3.05) is 6.61 Å². The average molecular weight is 437 g/mol. The molecule has 0 spiro atoms. The van der Waals surface area contributed by atoms with Crippen molar-refractivity contribution in [3.63, 3.8) is 0 Å². The topological polar surface area (TPSA) is 136 Å². The van der Waals surface area contributed by atoms with Gasteiger partial charge in [-0.3, -0.25) is 9.59 Å². The van der Waals surface area contributed by atoms with Crippen LogP contribution >= 0.6 is 11.3 Å². The van der Waals surface area contributed by atoms with Gasteiger partial charge in [0.2, 0.25) is 0 Å². The number of nitrogens with one attached hydrogen (secondary N) is 2. The monoisotopic (exact) mass is 437 g/mol. The second-order valence-electron chi connectivity index (χ2n) is 6.94. The van der Waals surface area contributed by atoms with Crippen LogP contribution in [-0.2, 0) is 11.2 Å². The molecule has 2 aromatic heterocycles. The molecule has 0 aliphatic rings. The molecule has 158 valence electrons. The van der Waals surface area contributed by atoms with Crippen molar-refractivity contribution in [1.29, 1.82) is 0 Å². The van der Waals surface area contributed by atoms with Gasteiger partial charge in [0.05, 0.1) is 16.5 Å². The zero-order valence-corrected chi connectivity index (χ0v) is 17.0. The number of imidazole rings is 1. The lowest BCUT2D eigenvalue weighted by Crippen LogP contribution is -2.43. The highest BCUT2D eigenvalue weighted by Gasteiger charge is 2.24. The first-order chi connectivity index (χ1) is 15.0. The number of aliphatic hydroxyl groups excluding tert-OH is 1. The molecule has 0 saturated carbocycles. The first kappa shape index (κ1) is 20.6. The summed E-state index contributed by atoms with van der Waals surface area (Å²) in [6, 6.07) is 11.8. The van der Waals surface area contributed by atoms with Crippen molar-refractivity contribution in [2.24, 2.45) is 0 Å². The Morgan fingerprint density at radius 3 is 2.55 bits per heavy atom. The number of carbonyl (C=O) groups excluding carboxylic acids is 2. The molecule has 31 heavy (non-hydrogen) atoms. The van der Waals surface area contributed by atoms with E-state index in [1.165, 1.54) is 35.6 Å². The van der Waals surface area contributed by atoms with Crippen LogP contribution in [0.25, 0.3) is 21.7 Å². The summed E-state index contributed by atoms with van der Waals surface area (Å²) < 4.78 is 0. The minimum atomic E-state index is -0.971. The van der Waals surface area contributed by atoms with Crippen molar-refractivity contribution in [2.45, 2.75) is 12.5 Å². The largest absolute Gasteiger partial charge is 0.508 e. The Morgan fingerprint density at radius 2 is 1.87 bits per heavy atom. The molecule has 2 aromatic carbocycles. The average Bonchev–Trinajstić information content (AvgIpc) is 3.44. The SMILES string of the molecule is O=C(NC(Cc1ccc(O)cc1)C(=O)CO)c1ccc(O)c2[nH]c(-c3cccs3)nc12. The van der Waals surface area contributed by atoms with Gasteiger partial charge in [-0.05, 0) is 47.7 Å². The van der Waals surface area contributed by atoms with Gasteiger partial charge in [0.1, 0.15) is 35.0 Å². The van der Waals surface area contributed by atoms with Crippen LogP contribution in [0.3, 0.4) is 0 Å². The Balaban J connectivity index is 1.64. The molecule has 9 heteroatoms. The van der Waals surface area contributed by atoms with Gasteiger partial charge in [-0.25, -0.2) is 4.98 Å². The number of Topliss-reactive ketones (excluding diaryl/α,β-unsaturated/α-hetero) is 1. The van der Waals surface area contributed by atoms with Crippen LogP contribution in [0.15, 0.2) is 53.9 Å². The number of benzene rings is 2. The third-order valence-electron chi connectivity index (χ3n) is 4.85. The number of phenolic OH excluding ortho intramolecular Hbond substituents is 2. The van der Waals surface area contributed by atoms with Crippen molar-refractivity contribution in [1.82, 2.24) is 15.3 Å². The molecular formula is C22H19N3O5S. The molecule has 8 nitrogen and oxygen atoms in total. The number of fused-ring (bicyclic) bond motifs is 1. The first-order valence-corrected chi connectivity index (χ1v) is 10.3. The number of rotatable bonds is 7. The van der Waals surface area contributed by atoms with Gasteiger partial charge in [-0.2, -0.15) is 0 Å². The molecule has 0 fully saturated rings. The molecule has 5 N–H and O–H groups in total. The predicted molar refractivity (Wildman–Crippen MR) is 116 cm³/mol. The number of ketones is 1. The maximum absolute atomic E-state index is 13.0. The van der Waals surface area contributed by atoms with E-state index in [1.807, 2.05) is 17.5 Å². The lowest BCUT2D eigenvalue weighted by molar-refractivity contribution is -0.123. The lowest BCUT2D eigenvalue weighted by atomic mass is 10.0. The van der Waals surface area contributed by atoms with Gasteiger partial charge in [0.15, 0.2) is 5.78 Å². The smallest absolute Gasteiger partial charge is 0.254 e. The molecule has 1 amide bonds. The highest BCUT2D eigenvalue weighted by Crippen LogP contribution is 2.30. The van der Waals surface area contributed by atoms with Crippen LogP contribution in [0.2, 0.25) is 0 Å². The fraction of sp³-hybridized carbons (Fsp3) is 0.136. The molecule has 1 atom stereocenters. The maximum Gasteiger partial charge on any atom is 0.254 e. The summed E-state index contributed by atoms with van der Waals surface area (Å²) in [5, 5.41) is 33.5. The molecule has 4 aromatic rings. The Labute approximate surface area is 180 Å². The number of nitrogens with zero attached hydrogens (tertiary/aromatic N) is 1. The summed E-state index contributed by atoms with van der Waals surface area (Å²) >= 11 is 1.46. The summed E-state index contributed by atoms with van der Waals surface area (Å²) in [5.74, 6) is -0.538. The minimum absolute atomic E-state index is 0.0473. The van der Waals surface area contributed by atoms with E-state index in [4.69, 9.17) is 0 Å². The van der Waals surface area contributed by atoms with Crippen molar-refractivity contribution >= 4 is 34.1 Å². The highest BCUT2D eigenvalue weighted by molar-refractivity contribution is 7.13. The van der Waals surface area contributed by atoms with Crippen LogP contribution in [0.4, 0.5) is 0 Å². The molecule has 1 unspecified atom stereocenters. The van der Waals surface area contributed by atoms with Crippen molar-refractivity contribution in [3.05, 3.63) is 65.0 Å². The van der Waals surface area contributed by atoms with E-state index in [2.05, 4.69) is 15.3 Å². The quantitative estimate of drug-likeness (QED) is 0.302. The number of aliphatic hydroxyl groups is 1. The third-order valence-corrected chi connectivity index (χ3v) is 5.72. The van der Waals surface area contributed by atoms with E-state index >= 15 is 0 Å². The predicted octanol–water partition coefficient (Wildman–Crippen LogP) is 2.61. The number of thiophene rings is 1. The van der Waals surface area contributed by atoms with Crippen LogP contribution in [0.5, 0.6) is 11.5 Å². The van der Waals surface area contributed by atoms with E-state index in [-0.39, 0.29) is 29.0 Å². The Morgan fingerprint density at radius 1 is 1.10 bits per heavy atom. The molecular weight excluding hydrogens is 418 g/mol. The zero-order valence-electron chi connectivity index (χ0n) is 16.2. The highest BCUT2D eigenvalue weighted by atomic mass is 32.1. The number of amides is 1. The van der Waals surface area contributed by atoms with E-state index in [0.717, 1.165) is 4.88 Å². The van der Waals surface area contributed by atoms with Gasteiger partial charge >= 0.3 is 0 Å². The van der Waals surface area contributed by atoms with Gasteiger partial charge < -0.3 is 25.6 Å². The van der Waals surface area contributed by atoms with Crippen molar-refractivity contribution in [3.8, 4) is 22.2 Å². The van der Waals surface area contributed by atoms with Crippen molar-refractivity contribution < 1.29 is 24.9 Å². The fourth-order valence-electron chi connectivity index (χ4n) is 3.25. The second-order valence-corrected chi connectivity index (χ2v) is 7.89.